The van der Waals surface area contributed by atoms with Gasteiger partial charge in [-0.15, -0.1) is 0 Å². The summed E-state index contributed by atoms with van der Waals surface area (Å²) in [6.07, 6.45) is 4.56. The zero-order valence-corrected chi connectivity index (χ0v) is 29.7. The van der Waals surface area contributed by atoms with Crippen LogP contribution in [0, 0.1) is 5.41 Å². The Hall–Kier alpha value is -4.18. The molecule has 3 aromatic rings. The standard InChI is InChI=1S/C41H53N3O6/c1-40(2,3)50-39(47)43-36(28-31-10-5-4-6-11-31)37(45)29-41(38(42)46,35-20-17-32-13-7-8-14-34(32)35)21-9-12-30-15-18-33(19-16-30)49-27-24-44-22-25-48-26-23-44/h4-16,18-19,35-37,45H,17,20-29H2,1-3H3,(H2,42,46)(H,43,47)/t35-,36-,37-,41+/m0/s1. The van der Waals surface area contributed by atoms with E-state index in [1.54, 1.807) is 20.8 Å². The first-order valence-electron chi connectivity index (χ1n) is 17.8. The Morgan fingerprint density at radius 2 is 1.72 bits per heavy atom. The fraction of sp³-hybridized carbons (Fsp3) is 0.463. The van der Waals surface area contributed by atoms with Crippen LogP contribution in [0.4, 0.5) is 4.79 Å². The largest absolute Gasteiger partial charge is 0.492 e. The summed E-state index contributed by atoms with van der Waals surface area (Å²) in [4.78, 5) is 29.1. The van der Waals surface area contributed by atoms with Crippen molar-refractivity contribution in [1.82, 2.24) is 10.2 Å². The zero-order valence-electron chi connectivity index (χ0n) is 29.7. The lowest BCUT2D eigenvalue weighted by atomic mass is 9.65. The number of nitrogens with one attached hydrogen (secondary N) is 1. The molecule has 50 heavy (non-hydrogen) atoms. The highest BCUT2D eigenvalue weighted by atomic mass is 16.6. The van der Waals surface area contributed by atoms with Gasteiger partial charge in [0.05, 0.1) is 30.8 Å². The minimum absolute atomic E-state index is 0.0644. The van der Waals surface area contributed by atoms with Crippen molar-refractivity contribution < 1.29 is 28.9 Å². The first-order chi connectivity index (χ1) is 24.0. The van der Waals surface area contributed by atoms with E-state index in [0.29, 0.717) is 19.4 Å². The summed E-state index contributed by atoms with van der Waals surface area (Å²) in [6.45, 7) is 10.2. The molecule has 0 saturated carbocycles. The van der Waals surface area contributed by atoms with Gasteiger partial charge in [0.2, 0.25) is 5.91 Å². The van der Waals surface area contributed by atoms with Crippen LogP contribution in [0.3, 0.4) is 0 Å². The molecular weight excluding hydrogens is 630 g/mol. The average molecular weight is 684 g/mol. The van der Waals surface area contributed by atoms with Crippen LogP contribution in [-0.2, 0) is 27.1 Å². The number of allylic oxidation sites excluding steroid dienone is 1. The molecule has 1 aliphatic carbocycles. The molecule has 1 fully saturated rings. The fourth-order valence-corrected chi connectivity index (χ4v) is 7.20. The van der Waals surface area contributed by atoms with Crippen molar-refractivity contribution in [3.05, 3.63) is 107 Å². The number of alkyl carbamates (subject to hydrolysis) is 1. The minimum atomic E-state index is -1.12. The number of aliphatic hydroxyl groups is 1. The molecule has 9 nitrogen and oxygen atoms in total. The summed E-state index contributed by atoms with van der Waals surface area (Å²) >= 11 is 0. The number of amides is 2. The van der Waals surface area contributed by atoms with Crippen molar-refractivity contribution in [2.75, 3.05) is 39.5 Å². The van der Waals surface area contributed by atoms with Gasteiger partial charge in [-0.1, -0.05) is 78.9 Å². The lowest BCUT2D eigenvalue weighted by Crippen LogP contribution is -2.51. The number of hydrogen-bond donors (Lipinski definition) is 3. The summed E-state index contributed by atoms with van der Waals surface area (Å²) in [6, 6.07) is 25.0. The van der Waals surface area contributed by atoms with Crippen LogP contribution < -0.4 is 15.8 Å². The van der Waals surface area contributed by atoms with E-state index in [0.717, 1.165) is 68.1 Å². The number of rotatable bonds is 15. The van der Waals surface area contributed by atoms with Crippen LogP contribution in [0.2, 0.25) is 0 Å². The SMILES string of the molecule is CC(C)(C)OC(=O)N[C@@H](Cc1ccccc1)[C@@H](O)C[C@@](CC=Cc1ccc(OCCN2CCOCC2)cc1)(C(N)=O)[C@H]1CCc2ccccc21. The molecule has 1 heterocycles. The lowest BCUT2D eigenvalue weighted by Gasteiger charge is -2.39. The average Bonchev–Trinajstić information content (AvgIpc) is 3.53. The number of nitrogens with zero attached hydrogens (tertiary/aromatic N) is 1. The predicted molar refractivity (Wildman–Crippen MR) is 196 cm³/mol. The van der Waals surface area contributed by atoms with Gasteiger partial charge in [-0.05, 0) is 93.2 Å². The van der Waals surface area contributed by atoms with E-state index in [-0.39, 0.29) is 12.3 Å². The van der Waals surface area contributed by atoms with Gasteiger partial charge in [-0.25, -0.2) is 4.79 Å². The minimum Gasteiger partial charge on any atom is -0.492 e. The molecule has 9 heteroatoms. The van der Waals surface area contributed by atoms with Gasteiger partial charge >= 0.3 is 6.09 Å². The zero-order chi connectivity index (χ0) is 35.6. The predicted octanol–water partition coefficient (Wildman–Crippen LogP) is 5.89. The van der Waals surface area contributed by atoms with E-state index >= 15 is 0 Å². The third-order valence-electron chi connectivity index (χ3n) is 9.78. The fourth-order valence-electron chi connectivity index (χ4n) is 7.20. The molecule has 1 saturated heterocycles. The van der Waals surface area contributed by atoms with Crippen molar-refractivity contribution in [3.63, 3.8) is 0 Å². The van der Waals surface area contributed by atoms with Gasteiger partial charge in [0.1, 0.15) is 18.0 Å². The summed E-state index contributed by atoms with van der Waals surface area (Å²) in [5.74, 6) is 0.133. The number of benzene rings is 3. The van der Waals surface area contributed by atoms with E-state index in [1.165, 1.54) is 5.56 Å². The number of fused-ring (bicyclic) bond motifs is 1. The highest BCUT2D eigenvalue weighted by Crippen LogP contribution is 2.50. The first-order valence-corrected chi connectivity index (χ1v) is 17.8. The molecule has 0 radical (unpaired) electrons. The Bertz CT molecular complexity index is 1570. The Morgan fingerprint density at radius 3 is 2.42 bits per heavy atom. The number of carbonyl (C=O) groups is 2. The number of primary amides is 1. The van der Waals surface area contributed by atoms with Crippen molar-refractivity contribution in [2.24, 2.45) is 11.1 Å². The van der Waals surface area contributed by atoms with Gasteiger partial charge in [-0.3, -0.25) is 9.69 Å². The number of aryl methyl sites for hydroxylation is 1. The maximum absolute atomic E-state index is 13.8. The molecule has 268 valence electrons. The van der Waals surface area contributed by atoms with Crippen LogP contribution in [0.15, 0.2) is 84.9 Å². The Balaban J connectivity index is 1.36. The highest BCUT2D eigenvalue weighted by Gasteiger charge is 2.48. The van der Waals surface area contributed by atoms with Crippen LogP contribution >= 0.6 is 0 Å². The van der Waals surface area contributed by atoms with Crippen molar-refractivity contribution in [3.8, 4) is 5.75 Å². The monoisotopic (exact) mass is 683 g/mol. The Morgan fingerprint density at radius 1 is 1.02 bits per heavy atom. The quantitative estimate of drug-likeness (QED) is 0.183. The van der Waals surface area contributed by atoms with Gasteiger partial charge in [0.25, 0.3) is 0 Å². The van der Waals surface area contributed by atoms with E-state index in [4.69, 9.17) is 19.9 Å². The van der Waals surface area contributed by atoms with Crippen LogP contribution in [0.25, 0.3) is 6.08 Å². The van der Waals surface area contributed by atoms with E-state index in [2.05, 4.69) is 22.3 Å². The highest BCUT2D eigenvalue weighted by molar-refractivity contribution is 5.83. The van der Waals surface area contributed by atoms with E-state index in [9.17, 15) is 14.7 Å². The Labute approximate surface area is 296 Å². The molecule has 5 rings (SSSR count). The molecule has 0 spiro atoms. The van der Waals surface area contributed by atoms with Crippen LogP contribution in [0.5, 0.6) is 5.75 Å². The van der Waals surface area contributed by atoms with Crippen LogP contribution in [0.1, 0.15) is 68.2 Å². The van der Waals surface area contributed by atoms with Gasteiger partial charge in [0.15, 0.2) is 0 Å². The number of nitrogens with two attached hydrogens (primary N) is 1. The molecule has 4 atom stereocenters. The van der Waals surface area contributed by atoms with Gasteiger partial charge < -0.3 is 30.4 Å². The third-order valence-corrected chi connectivity index (χ3v) is 9.78. The first kappa shape index (κ1) is 37.1. The summed E-state index contributed by atoms with van der Waals surface area (Å²) in [5.41, 5.74) is 8.73. The number of carbonyl (C=O) groups excluding carboxylic acids is 2. The summed E-state index contributed by atoms with van der Waals surface area (Å²) < 4.78 is 17.0. The number of morpholine rings is 1. The van der Waals surface area contributed by atoms with Crippen molar-refractivity contribution in [1.29, 1.82) is 0 Å². The number of aliphatic hydroxyl groups excluding tert-OH is 1. The molecule has 2 aliphatic rings. The normalized spacial score (nSPS) is 18.9. The second-order valence-electron chi connectivity index (χ2n) is 14.5. The van der Waals surface area contributed by atoms with Crippen molar-refractivity contribution >= 4 is 18.1 Å². The second-order valence-corrected chi connectivity index (χ2v) is 14.5. The van der Waals surface area contributed by atoms with E-state index < -0.39 is 35.2 Å². The van der Waals surface area contributed by atoms with E-state index in [1.807, 2.05) is 78.9 Å². The number of ether oxygens (including phenoxy) is 3. The molecular formula is C41H53N3O6. The van der Waals surface area contributed by atoms with Gasteiger partial charge in [0, 0.05) is 19.6 Å². The summed E-state index contributed by atoms with van der Waals surface area (Å²) in [7, 11) is 0. The Kier molecular flexibility index (Phi) is 12.7. The molecule has 0 bridgehead atoms. The molecule has 3 aromatic carbocycles. The number of hydrogen-bond acceptors (Lipinski definition) is 7. The molecule has 4 N–H and O–H groups in total. The second kappa shape index (κ2) is 17.2. The molecule has 1 aliphatic heterocycles. The van der Waals surface area contributed by atoms with Gasteiger partial charge in [-0.2, -0.15) is 0 Å². The molecule has 0 aromatic heterocycles. The third kappa shape index (κ3) is 10.2. The van der Waals surface area contributed by atoms with Crippen LogP contribution in [-0.4, -0.2) is 79.2 Å². The topological polar surface area (TPSA) is 123 Å². The lowest BCUT2D eigenvalue weighted by molar-refractivity contribution is -0.131. The van der Waals surface area contributed by atoms with Crippen molar-refractivity contribution in [2.45, 2.75) is 76.5 Å². The maximum atomic E-state index is 13.8. The molecule has 0 unspecified atom stereocenters. The smallest absolute Gasteiger partial charge is 0.407 e. The summed E-state index contributed by atoms with van der Waals surface area (Å²) in [5, 5.41) is 14.9. The maximum Gasteiger partial charge on any atom is 0.407 e. The molecule has 2 amide bonds.